The fourth-order valence-corrected chi connectivity index (χ4v) is 1.09. The normalized spacial score (nSPS) is 29.9. The Balaban J connectivity index is 3.26. The van der Waals surface area contributed by atoms with Gasteiger partial charge in [0.2, 0.25) is 0 Å². The van der Waals surface area contributed by atoms with E-state index in [2.05, 4.69) is 28.5 Å². The summed E-state index contributed by atoms with van der Waals surface area (Å²) in [4.78, 5) is 4.59. The molecule has 0 aromatic heterocycles. The van der Waals surface area contributed by atoms with Crippen molar-refractivity contribution < 1.29 is 6.23 Å². The van der Waals surface area contributed by atoms with Gasteiger partial charge in [0.15, 0.2) is 0 Å². The second-order valence-electron chi connectivity index (χ2n) is 3.77. The number of ketones is 1. The van der Waals surface area contributed by atoms with Crippen LogP contribution in [0.15, 0.2) is 47.1 Å². The molecule has 0 fully saturated rings. The predicted molar refractivity (Wildman–Crippen MR) is 72.9 cm³/mol. The van der Waals surface area contributed by atoms with Crippen LogP contribution in [0.3, 0.4) is 0 Å². The minimum absolute atomic E-state index is 0.503. The van der Waals surface area contributed by atoms with Gasteiger partial charge < -0.3 is 0 Å². The van der Waals surface area contributed by atoms with E-state index in [1.807, 2.05) is 45.1 Å². The standard InChI is InChI=1S/C16H14O/c1-13-7-4-5-8-14(2)11-12-15(3)16(17)10-6-9-13/h6,9-12H,1-3H3/p+1/b10-6+,13-9-,14-11-,15-12+/i/hD. The highest BCUT2D eigenvalue weighted by Gasteiger charge is 2.04. The molecule has 0 aromatic carbocycles. The molecule has 0 aliphatic heterocycles. The van der Waals surface area contributed by atoms with Crippen LogP contribution in [0.4, 0.5) is 0 Å². The zero-order valence-corrected chi connectivity index (χ0v) is 10.3. The van der Waals surface area contributed by atoms with Crippen LogP contribution < -0.4 is 0 Å². The Morgan fingerprint density at radius 2 is 1.65 bits per heavy atom. The van der Waals surface area contributed by atoms with E-state index in [1.54, 1.807) is 6.08 Å². The number of allylic oxidation sites excluding steroid dienone is 8. The average molecular weight is 224 g/mol. The molecule has 1 rings (SSSR count). The van der Waals surface area contributed by atoms with Crippen molar-refractivity contribution in [3.05, 3.63) is 47.1 Å². The Morgan fingerprint density at radius 1 is 1.00 bits per heavy atom. The van der Waals surface area contributed by atoms with Gasteiger partial charge in [-0.15, -0.1) is 0 Å². The van der Waals surface area contributed by atoms with Crippen molar-refractivity contribution in [3.63, 3.8) is 0 Å². The highest BCUT2D eigenvalue weighted by atomic mass is 16.1. The quantitative estimate of drug-likeness (QED) is 0.446. The van der Waals surface area contributed by atoms with Crippen molar-refractivity contribution in [1.82, 2.24) is 0 Å². The third kappa shape index (κ3) is 4.87. The predicted octanol–water partition coefficient (Wildman–Crippen LogP) is 2.95. The van der Waals surface area contributed by atoms with Crippen molar-refractivity contribution in [2.45, 2.75) is 20.8 Å². The van der Waals surface area contributed by atoms with Crippen LogP contribution in [-0.2, 0) is 0 Å². The lowest BCUT2D eigenvalue weighted by molar-refractivity contribution is 0.680. The molecule has 1 nitrogen and oxygen atoms in total. The summed E-state index contributed by atoms with van der Waals surface area (Å²) in [5.41, 5.74) is 2.69. The number of carbonyl (C=O) groups excluding carboxylic acids is 1. The van der Waals surface area contributed by atoms with Crippen molar-refractivity contribution in [1.29, 1.82) is 0 Å². The number of rotatable bonds is 0. The van der Waals surface area contributed by atoms with E-state index in [0.29, 0.717) is 5.78 Å². The van der Waals surface area contributed by atoms with E-state index in [-0.39, 0.29) is 0 Å². The van der Waals surface area contributed by atoms with Crippen molar-refractivity contribution in [3.8, 4) is 23.7 Å². The van der Waals surface area contributed by atoms with E-state index >= 15 is 0 Å². The summed E-state index contributed by atoms with van der Waals surface area (Å²) in [7, 11) is 0. The minimum atomic E-state index is 0.503. The van der Waals surface area contributed by atoms with E-state index in [4.69, 9.17) is 1.43 Å². The molecule has 0 saturated heterocycles. The van der Waals surface area contributed by atoms with Gasteiger partial charge in [-0.05, 0) is 49.8 Å². The highest BCUT2D eigenvalue weighted by Crippen LogP contribution is 2.01. The van der Waals surface area contributed by atoms with Crippen LogP contribution in [0.1, 0.15) is 22.2 Å². The third-order valence-corrected chi connectivity index (χ3v) is 2.15. The molecule has 0 saturated carbocycles. The Kier molecular flexibility index (Phi) is 4.20. The lowest BCUT2D eigenvalue weighted by Gasteiger charge is -1.87. The first-order valence-corrected chi connectivity index (χ1v) is 5.36. The summed E-state index contributed by atoms with van der Waals surface area (Å²) in [6.07, 6.45) is 9.17. The maximum absolute atomic E-state index is 7.04. The maximum atomic E-state index is 7.04. The molecule has 1 N–H and O–H groups in total. The monoisotopic (exact) mass is 224 g/mol. The van der Waals surface area contributed by atoms with E-state index < -0.39 is 0 Å². The first-order chi connectivity index (χ1) is 8.63. The maximum Gasteiger partial charge on any atom is 0.686 e. The van der Waals surface area contributed by atoms with Gasteiger partial charge >= 0.3 is 7.21 Å². The van der Waals surface area contributed by atoms with Gasteiger partial charge in [-0.2, -0.15) is 0 Å². The molecule has 0 radical (unpaired) electrons. The van der Waals surface area contributed by atoms with Gasteiger partial charge in [0, 0.05) is 6.08 Å². The van der Waals surface area contributed by atoms with E-state index in [0.717, 1.165) is 16.7 Å². The lowest BCUT2D eigenvalue weighted by Crippen LogP contribution is -1.94. The van der Waals surface area contributed by atoms with Crippen LogP contribution >= 0.6 is 0 Å². The Hall–Kier alpha value is -2.25. The van der Waals surface area contributed by atoms with Gasteiger partial charge in [-0.1, -0.05) is 30.1 Å². The smallest absolute Gasteiger partial charge is 0.274 e. The van der Waals surface area contributed by atoms with Gasteiger partial charge in [0.1, 0.15) is 0 Å². The largest absolute Gasteiger partial charge is 0.686 e. The van der Waals surface area contributed by atoms with Gasteiger partial charge in [0.05, 0.1) is 5.57 Å². The van der Waals surface area contributed by atoms with Crippen LogP contribution in [0.2, 0.25) is 0 Å². The molecule has 1 heteroatoms. The van der Waals surface area contributed by atoms with Crippen LogP contribution in [-0.4, -0.2) is 10.6 Å². The number of hydrogen-bond acceptors (Lipinski definition) is 0. The van der Waals surface area contributed by atoms with Gasteiger partial charge in [0.25, 0.3) is 0 Å². The molecule has 1 aliphatic carbocycles. The Morgan fingerprint density at radius 3 is 2.29 bits per heavy atom. The molecule has 1 aliphatic rings. The third-order valence-electron chi connectivity index (χ3n) is 2.15. The molecule has 84 valence electrons. The fourth-order valence-electron chi connectivity index (χ4n) is 1.09. The molecule has 0 aromatic rings. The second kappa shape index (κ2) is 6.36. The molecule has 17 heavy (non-hydrogen) atoms. The molecule has 0 unspecified atom stereocenters. The SMILES string of the molecule is [2H][O+]=C1/C=C/C=C(/C)C#CC#C/C(C)=C\C=C\1C. The average Bonchev–Trinajstić information content (AvgIpc) is 2.37. The summed E-state index contributed by atoms with van der Waals surface area (Å²) in [5, 5.41) is 0. The van der Waals surface area contributed by atoms with Crippen LogP contribution in [0.5, 0.6) is 0 Å². The molecule has 0 heterocycles. The summed E-state index contributed by atoms with van der Waals surface area (Å²) in [6.45, 7) is 5.71. The number of hydrogen-bond donors (Lipinski definition) is 0. The van der Waals surface area contributed by atoms with Crippen LogP contribution in [0, 0.1) is 23.7 Å². The Labute approximate surface area is 104 Å². The molecule has 0 amide bonds. The highest BCUT2D eigenvalue weighted by molar-refractivity contribution is 6.04. The summed E-state index contributed by atoms with van der Waals surface area (Å²) in [5.74, 6) is 12.0. The van der Waals surface area contributed by atoms with E-state index in [9.17, 15) is 0 Å². The minimum Gasteiger partial charge on any atom is -0.274 e. The molecule has 0 bridgehead atoms. The molecular weight excluding hydrogens is 208 g/mol. The first-order valence-electron chi connectivity index (χ1n) is 5.77. The molecule has 0 spiro atoms. The second-order valence-corrected chi connectivity index (χ2v) is 3.77. The van der Waals surface area contributed by atoms with Crippen molar-refractivity contribution in [2.24, 2.45) is 0 Å². The van der Waals surface area contributed by atoms with Gasteiger partial charge in [-0.3, -0.25) is 4.80 Å². The summed E-state index contributed by atoms with van der Waals surface area (Å²) >= 11 is 0. The lowest BCUT2D eigenvalue weighted by atomic mass is 10.1. The first kappa shape index (κ1) is 11.2. The summed E-state index contributed by atoms with van der Waals surface area (Å²) in [6, 6.07) is 0. The molecule has 0 atom stereocenters. The summed E-state index contributed by atoms with van der Waals surface area (Å²) < 4.78 is 7.04. The van der Waals surface area contributed by atoms with E-state index in [1.165, 1.54) is 0 Å². The Bertz CT molecular complexity index is 590. The topological polar surface area (TPSA) is 21.4 Å². The zero-order chi connectivity index (χ0) is 13.4. The zero-order valence-electron chi connectivity index (χ0n) is 11.3. The van der Waals surface area contributed by atoms with Gasteiger partial charge in [-0.25, -0.2) is 0 Å². The fraction of sp³-hybridized carbons (Fsp3) is 0.188. The van der Waals surface area contributed by atoms with Crippen molar-refractivity contribution in [2.75, 3.05) is 0 Å². The molecular formula is C16H15O+. The van der Waals surface area contributed by atoms with Crippen molar-refractivity contribution >= 4 is 5.78 Å². The van der Waals surface area contributed by atoms with Crippen LogP contribution in [0.25, 0.3) is 0 Å².